The molecular formula is C11H14O4. The maximum absolute atomic E-state index is 11.3. The van der Waals surface area contributed by atoms with E-state index in [9.17, 15) is 9.59 Å². The molecule has 1 heterocycles. The monoisotopic (exact) mass is 210 g/mol. The van der Waals surface area contributed by atoms with Crippen molar-refractivity contribution in [1.29, 1.82) is 0 Å². The van der Waals surface area contributed by atoms with E-state index in [1.54, 1.807) is 0 Å². The van der Waals surface area contributed by atoms with Crippen LogP contribution in [-0.2, 0) is 19.1 Å². The average Bonchev–Trinajstić information content (AvgIpc) is 2.51. The Hall–Kier alpha value is -1.32. The fourth-order valence-corrected chi connectivity index (χ4v) is 2.39. The van der Waals surface area contributed by atoms with E-state index in [1.165, 1.54) is 0 Å². The second kappa shape index (κ2) is 3.68. The summed E-state index contributed by atoms with van der Waals surface area (Å²) in [6.07, 6.45) is 1.99. The Balaban J connectivity index is 2.08. The number of carbonyl (C=O) groups is 2. The molecule has 0 radical (unpaired) electrons. The number of rotatable bonds is 2. The van der Waals surface area contributed by atoms with Gasteiger partial charge in [0.2, 0.25) is 0 Å². The molecule has 4 nitrogen and oxygen atoms in total. The summed E-state index contributed by atoms with van der Waals surface area (Å²) < 4.78 is 10.4. The molecule has 4 unspecified atom stereocenters. The zero-order valence-electron chi connectivity index (χ0n) is 8.64. The largest absolute Gasteiger partial charge is 0.458 e. The third kappa shape index (κ3) is 1.76. The summed E-state index contributed by atoms with van der Waals surface area (Å²) in [6, 6.07) is 0. The first kappa shape index (κ1) is 10.2. The van der Waals surface area contributed by atoms with Gasteiger partial charge in [0.25, 0.3) is 0 Å². The van der Waals surface area contributed by atoms with Crippen molar-refractivity contribution in [3.05, 3.63) is 12.7 Å². The topological polar surface area (TPSA) is 52.6 Å². The van der Waals surface area contributed by atoms with Crippen LogP contribution >= 0.6 is 0 Å². The van der Waals surface area contributed by atoms with Crippen molar-refractivity contribution >= 4 is 11.9 Å². The molecule has 1 aliphatic heterocycles. The van der Waals surface area contributed by atoms with Gasteiger partial charge in [-0.3, -0.25) is 4.79 Å². The van der Waals surface area contributed by atoms with Gasteiger partial charge in [0.1, 0.15) is 12.2 Å². The minimum absolute atomic E-state index is 0.00341. The Morgan fingerprint density at radius 3 is 3.00 bits per heavy atom. The van der Waals surface area contributed by atoms with E-state index < -0.39 is 5.97 Å². The van der Waals surface area contributed by atoms with Crippen molar-refractivity contribution in [3.63, 3.8) is 0 Å². The quantitative estimate of drug-likeness (QED) is 0.505. The smallest absolute Gasteiger partial charge is 0.330 e. The van der Waals surface area contributed by atoms with E-state index in [2.05, 4.69) is 6.58 Å². The van der Waals surface area contributed by atoms with Gasteiger partial charge in [0.15, 0.2) is 0 Å². The van der Waals surface area contributed by atoms with Crippen LogP contribution in [0.4, 0.5) is 0 Å². The second-order valence-corrected chi connectivity index (χ2v) is 4.23. The summed E-state index contributed by atoms with van der Waals surface area (Å²) in [5.41, 5.74) is 0. The van der Waals surface area contributed by atoms with E-state index in [0.717, 1.165) is 12.5 Å². The highest BCUT2D eigenvalue weighted by atomic mass is 16.6. The van der Waals surface area contributed by atoms with Crippen LogP contribution in [0.15, 0.2) is 12.7 Å². The molecule has 4 heteroatoms. The highest BCUT2D eigenvalue weighted by Gasteiger charge is 2.48. The summed E-state index contributed by atoms with van der Waals surface area (Å²) >= 11 is 0. The van der Waals surface area contributed by atoms with Gasteiger partial charge in [-0.15, -0.1) is 0 Å². The number of fused-ring (bicyclic) bond motifs is 2. The summed E-state index contributed by atoms with van der Waals surface area (Å²) in [4.78, 5) is 22.4. The molecule has 1 aliphatic carbocycles. The first-order valence-corrected chi connectivity index (χ1v) is 5.15. The Bertz CT molecular complexity index is 310. The molecule has 2 fully saturated rings. The second-order valence-electron chi connectivity index (χ2n) is 4.23. The lowest BCUT2D eigenvalue weighted by molar-refractivity contribution is -0.159. The Morgan fingerprint density at radius 2 is 2.33 bits per heavy atom. The zero-order chi connectivity index (χ0) is 11.0. The minimum atomic E-state index is -0.451. The molecule has 2 bridgehead atoms. The molecule has 0 amide bonds. The van der Waals surface area contributed by atoms with Gasteiger partial charge in [-0.2, -0.15) is 0 Å². The molecule has 0 N–H and O–H groups in total. The van der Waals surface area contributed by atoms with Gasteiger partial charge < -0.3 is 9.47 Å². The predicted molar refractivity (Wildman–Crippen MR) is 51.8 cm³/mol. The molecule has 1 saturated heterocycles. The van der Waals surface area contributed by atoms with Gasteiger partial charge in [-0.05, 0) is 12.3 Å². The predicted octanol–water partition coefficient (Wildman–Crippen LogP) is 1.06. The van der Waals surface area contributed by atoms with E-state index in [-0.39, 0.29) is 30.0 Å². The van der Waals surface area contributed by atoms with Crippen LogP contribution in [0.2, 0.25) is 0 Å². The molecule has 0 aromatic heterocycles. The Kier molecular flexibility index (Phi) is 2.50. The molecule has 0 spiro atoms. The number of hydrogen-bond donors (Lipinski definition) is 0. The van der Waals surface area contributed by atoms with Crippen LogP contribution in [0.5, 0.6) is 0 Å². The molecule has 82 valence electrons. The SMILES string of the molecule is C=CC(=O)OC1C(C)CC2CC1OC2=O. The van der Waals surface area contributed by atoms with Gasteiger partial charge in [0, 0.05) is 12.5 Å². The van der Waals surface area contributed by atoms with E-state index in [4.69, 9.17) is 9.47 Å². The number of hydrogen-bond acceptors (Lipinski definition) is 4. The van der Waals surface area contributed by atoms with E-state index in [1.807, 2.05) is 6.92 Å². The highest BCUT2D eigenvalue weighted by Crippen LogP contribution is 2.39. The van der Waals surface area contributed by atoms with Crippen LogP contribution in [0.25, 0.3) is 0 Å². The fourth-order valence-electron chi connectivity index (χ4n) is 2.39. The number of carbonyl (C=O) groups excluding carboxylic acids is 2. The minimum Gasteiger partial charge on any atom is -0.458 e. The maximum Gasteiger partial charge on any atom is 0.330 e. The van der Waals surface area contributed by atoms with Crippen LogP contribution in [0.3, 0.4) is 0 Å². The number of ether oxygens (including phenoxy) is 2. The van der Waals surface area contributed by atoms with Gasteiger partial charge in [-0.25, -0.2) is 4.79 Å². The van der Waals surface area contributed by atoms with Crippen LogP contribution < -0.4 is 0 Å². The van der Waals surface area contributed by atoms with Crippen molar-refractivity contribution in [2.45, 2.75) is 32.0 Å². The van der Waals surface area contributed by atoms with Crippen molar-refractivity contribution < 1.29 is 19.1 Å². The molecule has 4 atom stereocenters. The Labute approximate surface area is 88.2 Å². The van der Waals surface area contributed by atoms with Gasteiger partial charge in [-0.1, -0.05) is 13.5 Å². The van der Waals surface area contributed by atoms with Crippen molar-refractivity contribution in [2.24, 2.45) is 11.8 Å². The van der Waals surface area contributed by atoms with Crippen molar-refractivity contribution in [2.75, 3.05) is 0 Å². The van der Waals surface area contributed by atoms with E-state index in [0.29, 0.717) is 6.42 Å². The number of esters is 2. The summed E-state index contributed by atoms with van der Waals surface area (Å²) in [5, 5.41) is 0. The Morgan fingerprint density at radius 1 is 1.60 bits per heavy atom. The molecule has 0 aromatic carbocycles. The van der Waals surface area contributed by atoms with Crippen LogP contribution in [0.1, 0.15) is 19.8 Å². The molecule has 2 aliphatic rings. The average molecular weight is 210 g/mol. The standard InChI is InChI=1S/C11H14O4/c1-3-9(12)15-10-6(2)4-7-5-8(10)14-11(7)13/h3,6-8,10H,1,4-5H2,2H3. The first-order valence-electron chi connectivity index (χ1n) is 5.15. The lowest BCUT2D eigenvalue weighted by Gasteiger charge is -2.30. The van der Waals surface area contributed by atoms with Crippen LogP contribution in [0, 0.1) is 11.8 Å². The zero-order valence-corrected chi connectivity index (χ0v) is 8.64. The molecule has 2 rings (SSSR count). The van der Waals surface area contributed by atoms with Crippen molar-refractivity contribution in [3.8, 4) is 0 Å². The summed E-state index contributed by atoms with van der Waals surface area (Å²) in [6.45, 7) is 5.32. The molecule has 15 heavy (non-hydrogen) atoms. The maximum atomic E-state index is 11.3. The first-order chi connectivity index (χ1) is 7.11. The molecular weight excluding hydrogens is 196 g/mol. The molecule has 1 saturated carbocycles. The van der Waals surface area contributed by atoms with Crippen LogP contribution in [-0.4, -0.2) is 24.1 Å². The van der Waals surface area contributed by atoms with Gasteiger partial charge in [0.05, 0.1) is 5.92 Å². The lowest BCUT2D eigenvalue weighted by atomic mass is 9.81. The van der Waals surface area contributed by atoms with Crippen molar-refractivity contribution in [1.82, 2.24) is 0 Å². The highest BCUT2D eigenvalue weighted by molar-refractivity contribution is 5.81. The third-order valence-electron chi connectivity index (χ3n) is 3.12. The molecule has 0 aromatic rings. The van der Waals surface area contributed by atoms with E-state index >= 15 is 0 Å². The fraction of sp³-hybridized carbons (Fsp3) is 0.636. The lowest BCUT2D eigenvalue weighted by Crippen LogP contribution is -2.39. The normalized spacial score (nSPS) is 38.3. The summed E-state index contributed by atoms with van der Waals surface area (Å²) in [7, 11) is 0. The third-order valence-corrected chi connectivity index (χ3v) is 3.12. The summed E-state index contributed by atoms with van der Waals surface area (Å²) in [5.74, 6) is -0.426. The van der Waals surface area contributed by atoms with Gasteiger partial charge >= 0.3 is 11.9 Å².